The standard InChI is InChI=1S/C17H18BrNOS/c1-13(14-7-3-2-4-8-14)19-17(20)11-12-21-16-10-6-5-9-15(16)18/h2-10,13H,11-12H2,1H3,(H,19,20). The molecule has 0 aliphatic heterocycles. The van der Waals surface area contributed by atoms with Crippen molar-refractivity contribution < 1.29 is 4.79 Å². The van der Waals surface area contributed by atoms with E-state index in [4.69, 9.17) is 0 Å². The fourth-order valence-corrected chi connectivity index (χ4v) is 3.47. The number of amides is 1. The number of thioether (sulfide) groups is 1. The van der Waals surface area contributed by atoms with Gasteiger partial charge in [0, 0.05) is 21.5 Å². The van der Waals surface area contributed by atoms with Crippen molar-refractivity contribution in [3.05, 3.63) is 64.6 Å². The number of halogens is 1. The minimum absolute atomic E-state index is 0.0483. The van der Waals surface area contributed by atoms with Crippen LogP contribution in [0, 0.1) is 0 Å². The smallest absolute Gasteiger partial charge is 0.221 e. The van der Waals surface area contributed by atoms with Crippen molar-refractivity contribution in [1.82, 2.24) is 5.32 Å². The van der Waals surface area contributed by atoms with Crippen LogP contribution in [0.2, 0.25) is 0 Å². The molecule has 0 saturated heterocycles. The summed E-state index contributed by atoms with van der Waals surface area (Å²) < 4.78 is 1.08. The van der Waals surface area contributed by atoms with Crippen LogP contribution in [-0.4, -0.2) is 11.7 Å². The molecule has 0 saturated carbocycles. The number of benzene rings is 2. The Morgan fingerprint density at radius 1 is 1.14 bits per heavy atom. The normalized spacial score (nSPS) is 11.9. The highest BCUT2D eigenvalue weighted by Crippen LogP contribution is 2.27. The van der Waals surface area contributed by atoms with Crippen molar-refractivity contribution in [2.75, 3.05) is 5.75 Å². The van der Waals surface area contributed by atoms with E-state index in [2.05, 4.69) is 27.3 Å². The van der Waals surface area contributed by atoms with Gasteiger partial charge in [-0.3, -0.25) is 4.79 Å². The zero-order valence-corrected chi connectivity index (χ0v) is 14.3. The fourth-order valence-electron chi connectivity index (χ4n) is 1.95. The molecule has 0 spiro atoms. The van der Waals surface area contributed by atoms with Crippen LogP contribution in [0.1, 0.15) is 24.9 Å². The Morgan fingerprint density at radius 2 is 1.81 bits per heavy atom. The molecule has 1 N–H and O–H groups in total. The van der Waals surface area contributed by atoms with E-state index in [1.54, 1.807) is 11.8 Å². The van der Waals surface area contributed by atoms with E-state index in [1.807, 2.05) is 55.5 Å². The molecule has 110 valence electrons. The number of carbonyl (C=O) groups excluding carboxylic acids is 1. The molecule has 2 rings (SSSR count). The summed E-state index contributed by atoms with van der Waals surface area (Å²) in [6, 6.07) is 18.1. The highest BCUT2D eigenvalue weighted by atomic mass is 79.9. The number of hydrogen-bond donors (Lipinski definition) is 1. The van der Waals surface area contributed by atoms with Gasteiger partial charge >= 0.3 is 0 Å². The Labute approximate surface area is 138 Å². The SMILES string of the molecule is CC(NC(=O)CCSc1ccccc1Br)c1ccccc1. The summed E-state index contributed by atoms with van der Waals surface area (Å²) in [6.45, 7) is 2.01. The molecule has 0 bridgehead atoms. The summed E-state index contributed by atoms with van der Waals surface area (Å²) >= 11 is 5.20. The van der Waals surface area contributed by atoms with Gasteiger partial charge in [-0.15, -0.1) is 11.8 Å². The van der Waals surface area contributed by atoms with Crippen LogP contribution >= 0.6 is 27.7 Å². The van der Waals surface area contributed by atoms with Gasteiger partial charge < -0.3 is 5.32 Å². The second kappa shape index (κ2) is 8.25. The lowest BCUT2D eigenvalue weighted by Crippen LogP contribution is -2.26. The number of rotatable bonds is 6. The molecule has 0 aromatic heterocycles. The van der Waals surface area contributed by atoms with Gasteiger partial charge in [0.05, 0.1) is 6.04 Å². The Hall–Kier alpha value is -1.26. The number of carbonyl (C=O) groups is 1. The Morgan fingerprint density at radius 3 is 2.52 bits per heavy atom. The van der Waals surface area contributed by atoms with Gasteiger partial charge in [0.15, 0.2) is 0 Å². The van der Waals surface area contributed by atoms with Crippen molar-refractivity contribution in [3.8, 4) is 0 Å². The molecular weight excluding hydrogens is 346 g/mol. The van der Waals surface area contributed by atoms with Crippen LogP contribution in [0.4, 0.5) is 0 Å². The molecular formula is C17H18BrNOS. The summed E-state index contributed by atoms with van der Waals surface area (Å²) in [5.41, 5.74) is 1.13. The molecule has 0 radical (unpaired) electrons. The van der Waals surface area contributed by atoms with E-state index < -0.39 is 0 Å². The van der Waals surface area contributed by atoms with Crippen LogP contribution in [0.15, 0.2) is 64.0 Å². The lowest BCUT2D eigenvalue weighted by atomic mass is 10.1. The van der Waals surface area contributed by atoms with E-state index in [0.717, 1.165) is 15.8 Å². The molecule has 2 aromatic carbocycles. The average Bonchev–Trinajstić information content (AvgIpc) is 2.50. The van der Waals surface area contributed by atoms with Crippen molar-refractivity contribution in [2.24, 2.45) is 0 Å². The molecule has 4 heteroatoms. The van der Waals surface area contributed by atoms with Gasteiger partial charge in [-0.1, -0.05) is 42.5 Å². The van der Waals surface area contributed by atoms with E-state index in [9.17, 15) is 4.79 Å². The maximum atomic E-state index is 12.0. The van der Waals surface area contributed by atoms with Crippen molar-refractivity contribution >= 4 is 33.6 Å². The summed E-state index contributed by atoms with van der Waals surface area (Å²) in [6.07, 6.45) is 0.517. The molecule has 0 fully saturated rings. The predicted octanol–water partition coefficient (Wildman–Crippen LogP) is 4.81. The van der Waals surface area contributed by atoms with Gasteiger partial charge in [-0.05, 0) is 40.5 Å². The number of nitrogens with one attached hydrogen (secondary N) is 1. The lowest BCUT2D eigenvalue weighted by molar-refractivity contribution is -0.121. The van der Waals surface area contributed by atoms with Gasteiger partial charge in [0.1, 0.15) is 0 Å². The first kappa shape index (κ1) is 16.1. The van der Waals surface area contributed by atoms with Crippen LogP contribution in [0.25, 0.3) is 0 Å². The number of hydrogen-bond acceptors (Lipinski definition) is 2. The highest BCUT2D eigenvalue weighted by molar-refractivity contribution is 9.10. The predicted molar refractivity (Wildman–Crippen MR) is 92.5 cm³/mol. The first-order chi connectivity index (χ1) is 10.2. The molecule has 2 aromatic rings. The molecule has 1 atom stereocenters. The van der Waals surface area contributed by atoms with Crippen molar-refractivity contribution in [3.63, 3.8) is 0 Å². The van der Waals surface area contributed by atoms with Crippen LogP contribution in [-0.2, 0) is 4.79 Å². The fraction of sp³-hybridized carbons (Fsp3) is 0.235. The van der Waals surface area contributed by atoms with Crippen LogP contribution in [0.5, 0.6) is 0 Å². The van der Waals surface area contributed by atoms with Crippen LogP contribution < -0.4 is 5.32 Å². The summed E-state index contributed by atoms with van der Waals surface area (Å²) in [7, 11) is 0. The summed E-state index contributed by atoms with van der Waals surface area (Å²) in [5.74, 6) is 0.863. The van der Waals surface area contributed by atoms with Gasteiger partial charge in [-0.25, -0.2) is 0 Å². The van der Waals surface area contributed by atoms with E-state index >= 15 is 0 Å². The van der Waals surface area contributed by atoms with E-state index in [1.165, 1.54) is 4.90 Å². The van der Waals surface area contributed by atoms with E-state index in [0.29, 0.717) is 6.42 Å². The lowest BCUT2D eigenvalue weighted by Gasteiger charge is -2.14. The van der Waals surface area contributed by atoms with Crippen LogP contribution in [0.3, 0.4) is 0 Å². The molecule has 1 amide bonds. The first-order valence-corrected chi connectivity index (χ1v) is 8.66. The molecule has 0 heterocycles. The van der Waals surface area contributed by atoms with Crippen molar-refractivity contribution in [1.29, 1.82) is 0 Å². The van der Waals surface area contributed by atoms with Crippen molar-refractivity contribution in [2.45, 2.75) is 24.3 Å². The minimum Gasteiger partial charge on any atom is -0.350 e. The summed E-state index contributed by atoms with van der Waals surface area (Å²) in [5, 5.41) is 3.03. The average molecular weight is 364 g/mol. The third-order valence-electron chi connectivity index (χ3n) is 3.10. The topological polar surface area (TPSA) is 29.1 Å². The first-order valence-electron chi connectivity index (χ1n) is 6.88. The third-order valence-corrected chi connectivity index (χ3v) is 5.13. The Balaban J connectivity index is 1.76. The summed E-state index contributed by atoms with van der Waals surface area (Å²) in [4.78, 5) is 13.1. The highest BCUT2D eigenvalue weighted by Gasteiger charge is 2.09. The Kier molecular flexibility index (Phi) is 6.33. The molecule has 1 unspecified atom stereocenters. The van der Waals surface area contributed by atoms with Gasteiger partial charge in [0.25, 0.3) is 0 Å². The zero-order valence-electron chi connectivity index (χ0n) is 11.9. The largest absolute Gasteiger partial charge is 0.350 e. The molecule has 2 nitrogen and oxygen atoms in total. The van der Waals surface area contributed by atoms with E-state index in [-0.39, 0.29) is 11.9 Å². The second-order valence-corrected chi connectivity index (χ2v) is 6.72. The monoisotopic (exact) mass is 363 g/mol. The second-order valence-electron chi connectivity index (χ2n) is 4.73. The zero-order chi connectivity index (χ0) is 15.1. The quantitative estimate of drug-likeness (QED) is 0.746. The van der Waals surface area contributed by atoms with Gasteiger partial charge in [0.2, 0.25) is 5.91 Å². The Bertz CT molecular complexity index is 588. The maximum absolute atomic E-state index is 12.0. The maximum Gasteiger partial charge on any atom is 0.221 e. The minimum atomic E-state index is 0.0483. The molecule has 0 aliphatic rings. The molecule has 0 aliphatic carbocycles. The van der Waals surface area contributed by atoms with Gasteiger partial charge in [-0.2, -0.15) is 0 Å². The third kappa shape index (κ3) is 5.21. The molecule has 21 heavy (non-hydrogen) atoms.